The maximum Gasteiger partial charge on any atom is 0.410 e. The van der Waals surface area contributed by atoms with Crippen LogP contribution in [0.2, 0.25) is 0 Å². The molecular formula is C17H32N4O3. The molecule has 0 aliphatic carbocycles. The van der Waals surface area contributed by atoms with E-state index in [2.05, 4.69) is 9.80 Å². The molecule has 0 spiro atoms. The lowest BCUT2D eigenvalue weighted by molar-refractivity contribution is -0.129. The van der Waals surface area contributed by atoms with Gasteiger partial charge in [-0.15, -0.1) is 0 Å². The van der Waals surface area contributed by atoms with Crippen LogP contribution in [0.3, 0.4) is 0 Å². The zero-order valence-corrected chi connectivity index (χ0v) is 15.7. The Balaban J connectivity index is 1.84. The van der Waals surface area contributed by atoms with E-state index in [0.29, 0.717) is 12.6 Å². The smallest absolute Gasteiger partial charge is 0.410 e. The quantitative estimate of drug-likeness (QED) is 0.825. The van der Waals surface area contributed by atoms with Crippen LogP contribution in [0.25, 0.3) is 0 Å². The summed E-state index contributed by atoms with van der Waals surface area (Å²) in [6.45, 7) is 14.3. The Morgan fingerprint density at radius 2 is 1.58 bits per heavy atom. The molecule has 1 unspecified atom stereocenters. The molecule has 7 nitrogen and oxygen atoms in total. The number of nitrogens with two attached hydrogens (primary N) is 1. The molecule has 2 heterocycles. The Kier molecular flexibility index (Phi) is 5.44. The molecule has 24 heavy (non-hydrogen) atoms. The fraction of sp³-hybridized carbons (Fsp3) is 0.882. The van der Waals surface area contributed by atoms with Crippen molar-refractivity contribution in [2.45, 2.75) is 58.2 Å². The van der Waals surface area contributed by atoms with Gasteiger partial charge in [-0.25, -0.2) is 4.79 Å². The monoisotopic (exact) mass is 340 g/mol. The third kappa shape index (κ3) is 4.39. The van der Waals surface area contributed by atoms with Gasteiger partial charge in [0.2, 0.25) is 5.91 Å². The second kappa shape index (κ2) is 6.88. The number of ether oxygens (including phenoxy) is 1. The molecule has 2 saturated heterocycles. The predicted molar refractivity (Wildman–Crippen MR) is 92.6 cm³/mol. The van der Waals surface area contributed by atoms with Crippen LogP contribution in [-0.4, -0.2) is 83.2 Å². The highest BCUT2D eigenvalue weighted by Crippen LogP contribution is 2.22. The van der Waals surface area contributed by atoms with E-state index in [9.17, 15) is 9.59 Å². The number of piperazine rings is 1. The highest BCUT2D eigenvalue weighted by Gasteiger charge is 2.38. The van der Waals surface area contributed by atoms with Gasteiger partial charge in [0.25, 0.3) is 0 Å². The van der Waals surface area contributed by atoms with E-state index in [-0.39, 0.29) is 12.0 Å². The summed E-state index contributed by atoms with van der Waals surface area (Å²) in [6, 6.07) is 0.372. The molecule has 0 aromatic heterocycles. The fourth-order valence-electron chi connectivity index (χ4n) is 3.33. The van der Waals surface area contributed by atoms with E-state index in [0.717, 1.165) is 39.1 Å². The van der Waals surface area contributed by atoms with Gasteiger partial charge in [0, 0.05) is 45.3 Å². The Hall–Kier alpha value is -1.34. The lowest BCUT2D eigenvalue weighted by Gasteiger charge is -2.43. The van der Waals surface area contributed by atoms with Crippen molar-refractivity contribution in [3.05, 3.63) is 0 Å². The van der Waals surface area contributed by atoms with Crippen molar-refractivity contribution in [3.8, 4) is 0 Å². The average molecular weight is 340 g/mol. The molecule has 138 valence electrons. The average Bonchev–Trinajstić information content (AvgIpc) is 2.95. The number of likely N-dealkylation sites (tertiary alicyclic amines) is 1. The summed E-state index contributed by atoms with van der Waals surface area (Å²) in [5.41, 5.74) is 4.44. The normalized spacial score (nSPS) is 24.2. The van der Waals surface area contributed by atoms with E-state index in [4.69, 9.17) is 10.5 Å². The summed E-state index contributed by atoms with van der Waals surface area (Å²) in [5.74, 6) is -0.284. The van der Waals surface area contributed by atoms with Gasteiger partial charge < -0.3 is 15.4 Å². The van der Waals surface area contributed by atoms with E-state index < -0.39 is 11.1 Å². The number of primary amides is 1. The third-order valence-electron chi connectivity index (χ3n) is 5.04. The molecule has 2 fully saturated rings. The van der Waals surface area contributed by atoms with E-state index in [1.807, 2.05) is 34.6 Å². The van der Waals surface area contributed by atoms with Crippen molar-refractivity contribution in [1.29, 1.82) is 0 Å². The van der Waals surface area contributed by atoms with Crippen LogP contribution >= 0.6 is 0 Å². The molecule has 1 atom stereocenters. The molecule has 0 aromatic rings. The molecule has 2 rings (SSSR count). The minimum Gasteiger partial charge on any atom is -0.444 e. The van der Waals surface area contributed by atoms with Gasteiger partial charge in [-0.1, -0.05) is 0 Å². The van der Waals surface area contributed by atoms with Crippen LogP contribution in [0.4, 0.5) is 4.79 Å². The molecule has 0 aromatic carbocycles. The van der Waals surface area contributed by atoms with Crippen LogP contribution in [0.15, 0.2) is 0 Å². The second-order valence-corrected chi connectivity index (χ2v) is 8.32. The van der Waals surface area contributed by atoms with Crippen LogP contribution < -0.4 is 5.73 Å². The minimum absolute atomic E-state index is 0.224. The van der Waals surface area contributed by atoms with E-state index >= 15 is 0 Å². The number of nitrogens with zero attached hydrogens (tertiary/aromatic N) is 3. The second-order valence-electron chi connectivity index (χ2n) is 8.32. The molecule has 0 saturated carbocycles. The van der Waals surface area contributed by atoms with Crippen molar-refractivity contribution in [2.24, 2.45) is 5.73 Å². The number of carbonyl (C=O) groups is 2. The van der Waals surface area contributed by atoms with Gasteiger partial charge in [-0.2, -0.15) is 0 Å². The number of amides is 2. The van der Waals surface area contributed by atoms with Gasteiger partial charge in [0.1, 0.15) is 5.60 Å². The first-order chi connectivity index (χ1) is 11.0. The van der Waals surface area contributed by atoms with Gasteiger partial charge in [0.15, 0.2) is 0 Å². The maximum atomic E-state index is 12.2. The predicted octanol–water partition coefficient (Wildman–Crippen LogP) is 0.877. The molecule has 0 radical (unpaired) electrons. The van der Waals surface area contributed by atoms with Gasteiger partial charge in [0.05, 0.1) is 5.54 Å². The largest absolute Gasteiger partial charge is 0.444 e. The van der Waals surface area contributed by atoms with Crippen molar-refractivity contribution < 1.29 is 14.3 Å². The van der Waals surface area contributed by atoms with Crippen molar-refractivity contribution in [3.63, 3.8) is 0 Å². The van der Waals surface area contributed by atoms with Gasteiger partial charge in [-0.05, 0) is 41.0 Å². The molecule has 2 N–H and O–H groups in total. The summed E-state index contributed by atoms with van der Waals surface area (Å²) in [6.07, 6.45) is 0.747. The minimum atomic E-state index is -0.607. The summed E-state index contributed by atoms with van der Waals surface area (Å²) in [7, 11) is 0. The van der Waals surface area contributed by atoms with E-state index in [1.54, 1.807) is 4.90 Å². The van der Waals surface area contributed by atoms with E-state index in [1.165, 1.54) is 0 Å². The lowest BCUT2D eigenvalue weighted by Crippen LogP contribution is -2.61. The zero-order chi connectivity index (χ0) is 18.1. The van der Waals surface area contributed by atoms with Crippen LogP contribution in [0.5, 0.6) is 0 Å². The Morgan fingerprint density at radius 3 is 2.08 bits per heavy atom. The summed E-state index contributed by atoms with van der Waals surface area (Å²) >= 11 is 0. The van der Waals surface area contributed by atoms with Crippen molar-refractivity contribution in [1.82, 2.24) is 14.7 Å². The zero-order valence-electron chi connectivity index (χ0n) is 15.7. The number of hydrogen-bond acceptors (Lipinski definition) is 5. The third-order valence-corrected chi connectivity index (χ3v) is 5.04. The van der Waals surface area contributed by atoms with Gasteiger partial charge >= 0.3 is 6.09 Å². The highest BCUT2D eigenvalue weighted by atomic mass is 16.6. The fourth-order valence-corrected chi connectivity index (χ4v) is 3.33. The molecule has 2 aliphatic rings. The number of carbonyl (C=O) groups excluding carboxylic acids is 2. The molecular weight excluding hydrogens is 308 g/mol. The van der Waals surface area contributed by atoms with Crippen molar-refractivity contribution >= 4 is 12.0 Å². The summed E-state index contributed by atoms with van der Waals surface area (Å²) < 4.78 is 5.45. The van der Waals surface area contributed by atoms with Gasteiger partial charge in [-0.3, -0.25) is 14.6 Å². The topological polar surface area (TPSA) is 79.1 Å². The Bertz CT molecular complexity index is 479. The van der Waals surface area contributed by atoms with Crippen LogP contribution in [-0.2, 0) is 9.53 Å². The van der Waals surface area contributed by atoms with Crippen LogP contribution in [0, 0.1) is 0 Å². The molecule has 7 heteroatoms. The first-order valence-electron chi connectivity index (χ1n) is 8.77. The molecule has 2 amide bonds. The Labute approximate surface area is 145 Å². The first-order valence-corrected chi connectivity index (χ1v) is 8.77. The SMILES string of the molecule is CC(C)(C)OC(=O)N1CCC(N2CCN(C(C)(C)C(N)=O)CC2)C1. The van der Waals surface area contributed by atoms with Crippen LogP contribution in [0.1, 0.15) is 41.0 Å². The molecule has 2 aliphatic heterocycles. The first kappa shape index (κ1) is 19.0. The van der Waals surface area contributed by atoms with Crippen molar-refractivity contribution in [2.75, 3.05) is 39.3 Å². The Morgan fingerprint density at radius 1 is 1.00 bits per heavy atom. The maximum absolute atomic E-state index is 12.2. The number of hydrogen-bond donors (Lipinski definition) is 1. The summed E-state index contributed by atoms with van der Waals surface area (Å²) in [5, 5.41) is 0. The number of rotatable bonds is 3. The highest BCUT2D eigenvalue weighted by molar-refractivity contribution is 5.83. The lowest BCUT2D eigenvalue weighted by atomic mass is 10.0. The summed E-state index contributed by atoms with van der Waals surface area (Å²) in [4.78, 5) is 30.1. The standard InChI is InChI=1S/C17H32N4O3/c1-16(2,3)24-15(23)20-7-6-13(12-20)19-8-10-21(11-9-19)17(4,5)14(18)22/h13H,6-12H2,1-5H3,(H2,18,22). The molecule has 0 bridgehead atoms.